The highest BCUT2D eigenvalue weighted by molar-refractivity contribution is 4.75. The molecule has 1 heterocycles. The van der Waals surface area contributed by atoms with Crippen molar-refractivity contribution in [3.05, 3.63) is 18.7 Å². The highest BCUT2D eigenvalue weighted by Crippen LogP contribution is 2.03. The molecule has 0 aromatic carbocycles. The van der Waals surface area contributed by atoms with Gasteiger partial charge in [0.05, 0.1) is 6.33 Å². The fraction of sp³-hybridized carbons (Fsp3) is 0.700. The van der Waals surface area contributed by atoms with Gasteiger partial charge < -0.3 is 10.3 Å². The maximum atomic E-state index is 5.94. The molecule has 3 nitrogen and oxygen atoms in total. The van der Waals surface area contributed by atoms with Crippen LogP contribution in [0.15, 0.2) is 18.7 Å². The van der Waals surface area contributed by atoms with Gasteiger partial charge in [0.1, 0.15) is 0 Å². The van der Waals surface area contributed by atoms with E-state index in [0.717, 1.165) is 19.4 Å². The fourth-order valence-corrected chi connectivity index (χ4v) is 1.34. The number of hydrogen-bond acceptors (Lipinski definition) is 2. The van der Waals surface area contributed by atoms with E-state index in [4.69, 9.17) is 5.73 Å². The third-order valence-electron chi connectivity index (χ3n) is 2.25. The molecule has 0 aliphatic rings. The molecule has 0 saturated carbocycles. The zero-order valence-corrected chi connectivity index (χ0v) is 8.32. The second-order valence-corrected chi connectivity index (χ2v) is 3.49. The van der Waals surface area contributed by atoms with Crippen LogP contribution in [-0.2, 0) is 6.54 Å². The molecule has 1 aromatic rings. The highest BCUT2D eigenvalue weighted by atomic mass is 15.0. The smallest absolute Gasteiger partial charge is 0.0945 e. The van der Waals surface area contributed by atoms with E-state index in [9.17, 15) is 0 Å². The monoisotopic (exact) mass is 181 g/mol. The first-order valence-corrected chi connectivity index (χ1v) is 5.04. The lowest BCUT2D eigenvalue weighted by atomic mass is 10.1. The van der Waals surface area contributed by atoms with Crippen LogP contribution in [0.5, 0.6) is 0 Å². The average molecular weight is 181 g/mol. The zero-order valence-electron chi connectivity index (χ0n) is 8.32. The molecule has 0 spiro atoms. The second-order valence-electron chi connectivity index (χ2n) is 3.49. The van der Waals surface area contributed by atoms with Gasteiger partial charge in [-0.25, -0.2) is 4.98 Å². The normalized spacial score (nSPS) is 13.1. The quantitative estimate of drug-likeness (QED) is 0.727. The van der Waals surface area contributed by atoms with Crippen molar-refractivity contribution in [3.8, 4) is 0 Å². The van der Waals surface area contributed by atoms with Gasteiger partial charge in [-0.1, -0.05) is 19.8 Å². The Morgan fingerprint density at radius 3 is 2.92 bits per heavy atom. The van der Waals surface area contributed by atoms with E-state index in [1.54, 1.807) is 6.20 Å². The van der Waals surface area contributed by atoms with E-state index < -0.39 is 0 Å². The summed E-state index contributed by atoms with van der Waals surface area (Å²) >= 11 is 0. The van der Waals surface area contributed by atoms with E-state index >= 15 is 0 Å². The number of aryl methyl sites for hydroxylation is 1. The van der Waals surface area contributed by atoms with Crippen molar-refractivity contribution in [2.24, 2.45) is 5.73 Å². The van der Waals surface area contributed by atoms with Gasteiger partial charge >= 0.3 is 0 Å². The van der Waals surface area contributed by atoms with E-state index in [1.165, 1.54) is 12.8 Å². The van der Waals surface area contributed by atoms with Crippen molar-refractivity contribution in [3.63, 3.8) is 0 Å². The Labute approximate surface area is 80.0 Å². The van der Waals surface area contributed by atoms with Gasteiger partial charge in [-0.3, -0.25) is 0 Å². The molecule has 0 aliphatic heterocycles. The molecule has 0 aliphatic carbocycles. The van der Waals surface area contributed by atoms with E-state index in [-0.39, 0.29) is 0 Å². The first kappa shape index (κ1) is 10.3. The van der Waals surface area contributed by atoms with Crippen LogP contribution >= 0.6 is 0 Å². The molecule has 1 atom stereocenters. The summed E-state index contributed by atoms with van der Waals surface area (Å²) in [5.41, 5.74) is 5.94. The average Bonchev–Trinajstić information content (AvgIpc) is 2.64. The minimum atomic E-state index is 0.349. The molecule has 0 bridgehead atoms. The molecule has 0 fully saturated rings. The number of aromatic nitrogens is 2. The molecule has 0 amide bonds. The van der Waals surface area contributed by atoms with Crippen molar-refractivity contribution in [2.45, 2.75) is 45.2 Å². The van der Waals surface area contributed by atoms with Gasteiger partial charge in [0.15, 0.2) is 0 Å². The van der Waals surface area contributed by atoms with Crippen LogP contribution in [0, 0.1) is 0 Å². The molecular formula is C10H19N3. The first-order chi connectivity index (χ1) is 6.33. The number of nitrogens with zero attached hydrogens (tertiary/aromatic N) is 2. The van der Waals surface area contributed by atoms with Crippen molar-refractivity contribution >= 4 is 0 Å². The predicted molar refractivity (Wildman–Crippen MR) is 54.3 cm³/mol. The van der Waals surface area contributed by atoms with Crippen molar-refractivity contribution in [2.75, 3.05) is 0 Å². The minimum Gasteiger partial charge on any atom is -0.337 e. The Kier molecular flexibility index (Phi) is 4.54. The first-order valence-electron chi connectivity index (χ1n) is 5.04. The van der Waals surface area contributed by atoms with Gasteiger partial charge in [-0.2, -0.15) is 0 Å². The molecule has 1 rings (SSSR count). The summed E-state index contributed by atoms with van der Waals surface area (Å²) < 4.78 is 2.08. The lowest BCUT2D eigenvalue weighted by Crippen LogP contribution is -2.21. The van der Waals surface area contributed by atoms with Gasteiger partial charge in [-0.05, 0) is 12.8 Å². The summed E-state index contributed by atoms with van der Waals surface area (Å²) in [5.74, 6) is 0. The molecule has 3 heteroatoms. The molecule has 74 valence electrons. The van der Waals surface area contributed by atoms with Gasteiger partial charge in [0.2, 0.25) is 0 Å². The summed E-state index contributed by atoms with van der Waals surface area (Å²) in [6.45, 7) is 3.19. The predicted octanol–water partition coefficient (Wildman–Crippen LogP) is 1.79. The van der Waals surface area contributed by atoms with E-state index in [0.29, 0.717) is 6.04 Å². The summed E-state index contributed by atoms with van der Waals surface area (Å²) in [4.78, 5) is 3.98. The molecule has 0 saturated heterocycles. The van der Waals surface area contributed by atoms with Crippen molar-refractivity contribution in [1.82, 2.24) is 9.55 Å². The molecule has 0 radical (unpaired) electrons. The van der Waals surface area contributed by atoms with Crippen molar-refractivity contribution in [1.29, 1.82) is 0 Å². The van der Waals surface area contributed by atoms with E-state index in [1.807, 2.05) is 12.5 Å². The second kappa shape index (κ2) is 5.75. The van der Waals surface area contributed by atoms with Gasteiger partial charge in [0.25, 0.3) is 0 Å². The Morgan fingerprint density at radius 1 is 1.46 bits per heavy atom. The van der Waals surface area contributed by atoms with Crippen LogP contribution in [0.4, 0.5) is 0 Å². The van der Waals surface area contributed by atoms with Crippen LogP contribution in [0.1, 0.15) is 32.6 Å². The fourth-order valence-electron chi connectivity index (χ4n) is 1.34. The van der Waals surface area contributed by atoms with E-state index in [2.05, 4.69) is 16.5 Å². The maximum absolute atomic E-state index is 5.94. The Morgan fingerprint density at radius 2 is 2.31 bits per heavy atom. The highest BCUT2D eigenvalue weighted by Gasteiger charge is 2.01. The van der Waals surface area contributed by atoms with Crippen LogP contribution in [0.25, 0.3) is 0 Å². The number of rotatable bonds is 6. The Bertz CT molecular complexity index is 206. The summed E-state index contributed by atoms with van der Waals surface area (Å²) in [6.07, 6.45) is 10.3. The number of hydrogen-bond donors (Lipinski definition) is 1. The van der Waals surface area contributed by atoms with Crippen LogP contribution in [-0.4, -0.2) is 15.6 Å². The topological polar surface area (TPSA) is 43.8 Å². The van der Waals surface area contributed by atoms with Crippen LogP contribution < -0.4 is 5.73 Å². The summed E-state index contributed by atoms with van der Waals surface area (Å²) in [6, 6.07) is 0.349. The number of unbranched alkanes of at least 4 members (excludes halogenated alkanes) is 1. The van der Waals surface area contributed by atoms with Crippen LogP contribution in [0.3, 0.4) is 0 Å². The Balaban J connectivity index is 2.11. The van der Waals surface area contributed by atoms with Crippen LogP contribution in [0.2, 0.25) is 0 Å². The molecule has 2 N–H and O–H groups in total. The SMILES string of the molecule is CCCCC(N)CCn1ccnc1. The molecule has 13 heavy (non-hydrogen) atoms. The number of imidazole rings is 1. The molecular weight excluding hydrogens is 162 g/mol. The zero-order chi connectivity index (χ0) is 9.52. The summed E-state index contributed by atoms with van der Waals surface area (Å²) in [5, 5.41) is 0. The summed E-state index contributed by atoms with van der Waals surface area (Å²) in [7, 11) is 0. The molecule has 1 aromatic heterocycles. The standard InChI is InChI=1S/C10H19N3/c1-2-3-4-10(11)5-7-13-8-6-12-9-13/h6,8-10H,2-5,7,11H2,1H3. The van der Waals surface area contributed by atoms with Crippen molar-refractivity contribution < 1.29 is 0 Å². The van der Waals surface area contributed by atoms with Gasteiger partial charge in [0, 0.05) is 25.0 Å². The third-order valence-corrected chi connectivity index (χ3v) is 2.25. The Hall–Kier alpha value is -0.830. The maximum Gasteiger partial charge on any atom is 0.0945 e. The third kappa shape index (κ3) is 4.08. The lowest BCUT2D eigenvalue weighted by molar-refractivity contribution is 0.497. The largest absolute Gasteiger partial charge is 0.337 e. The lowest BCUT2D eigenvalue weighted by Gasteiger charge is -2.10. The number of nitrogens with two attached hydrogens (primary N) is 1. The molecule has 1 unspecified atom stereocenters. The minimum absolute atomic E-state index is 0.349. The van der Waals surface area contributed by atoms with Gasteiger partial charge in [-0.15, -0.1) is 0 Å².